The molecule has 4 rings (SSSR count). The molecule has 3 aromatic rings. The molecule has 0 unspecified atom stereocenters. The van der Waals surface area contributed by atoms with Crippen molar-refractivity contribution in [3.63, 3.8) is 0 Å². The quantitative estimate of drug-likeness (QED) is 0.658. The molecule has 0 aliphatic carbocycles. The van der Waals surface area contributed by atoms with E-state index in [0.29, 0.717) is 31.9 Å². The number of hydrogen-bond acceptors (Lipinski definition) is 6. The fourth-order valence-electron chi connectivity index (χ4n) is 3.56. The number of aryl methyl sites for hydroxylation is 2. The Morgan fingerprint density at radius 2 is 1.77 bits per heavy atom. The maximum Gasteiger partial charge on any atom is 0.253 e. The Morgan fingerprint density at radius 3 is 2.43 bits per heavy atom. The fraction of sp³-hybridized carbons (Fsp3) is 0.318. The van der Waals surface area contributed by atoms with Gasteiger partial charge < -0.3 is 9.80 Å². The molecule has 0 saturated carbocycles. The summed E-state index contributed by atoms with van der Waals surface area (Å²) in [7, 11) is 0. The van der Waals surface area contributed by atoms with Gasteiger partial charge in [-0.15, -0.1) is 10.2 Å². The lowest BCUT2D eigenvalue weighted by atomic mass is 10.1. The normalized spacial score (nSPS) is 14.1. The van der Waals surface area contributed by atoms with Gasteiger partial charge in [0.1, 0.15) is 6.54 Å². The third kappa shape index (κ3) is 4.22. The van der Waals surface area contributed by atoms with Crippen LogP contribution in [-0.4, -0.2) is 56.7 Å². The molecule has 2 aromatic heterocycles. The number of piperazine rings is 1. The highest BCUT2D eigenvalue weighted by molar-refractivity contribution is 5.76. The molecule has 1 amide bonds. The summed E-state index contributed by atoms with van der Waals surface area (Å²) >= 11 is 0. The zero-order valence-corrected chi connectivity index (χ0v) is 17.2. The number of hydrogen-bond donors (Lipinski definition) is 0. The Hall–Kier alpha value is -3.55. The zero-order valence-electron chi connectivity index (χ0n) is 17.2. The molecule has 3 heterocycles. The molecule has 0 bridgehead atoms. The van der Waals surface area contributed by atoms with Gasteiger partial charge in [-0.1, -0.05) is 24.3 Å². The van der Waals surface area contributed by atoms with Crippen LogP contribution in [0.3, 0.4) is 0 Å². The van der Waals surface area contributed by atoms with Gasteiger partial charge in [-0.2, -0.15) is 0 Å². The second-order valence-electron chi connectivity index (χ2n) is 7.46. The Labute approximate surface area is 174 Å². The van der Waals surface area contributed by atoms with Crippen molar-refractivity contribution in [2.45, 2.75) is 20.4 Å². The van der Waals surface area contributed by atoms with Crippen LogP contribution in [0.5, 0.6) is 0 Å². The van der Waals surface area contributed by atoms with Gasteiger partial charge in [0.2, 0.25) is 5.91 Å². The highest BCUT2D eigenvalue weighted by Crippen LogP contribution is 2.22. The van der Waals surface area contributed by atoms with Crippen LogP contribution >= 0.6 is 0 Å². The predicted molar refractivity (Wildman–Crippen MR) is 114 cm³/mol. The number of carbonyl (C=O) groups excluding carboxylic acids is 1. The van der Waals surface area contributed by atoms with Gasteiger partial charge in [0.25, 0.3) is 5.56 Å². The molecule has 0 radical (unpaired) electrons. The first-order valence-electron chi connectivity index (χ1n) is 9.97. The Morgan fingerprint density at radius 1 is 1.00 bits per heavy atom. The largest absolute Gasteiger partial charge is 0.352 e. The first-order valence-corrected chi connectivity index (χ1v) is 9.97. The summed E-state index contributed by atoms with van der Waals surface area (Å²) in [4.78, 5) is 32.5. The van der Waals surface area contributed by atoms with E-state index in [-0.39, 0.29) is 18.0 Å². The van der Waals surface area contributed by atoms with E-state index in [1.54, 1.807) is 11.8 Å². The van der Waals surface area contributed by atoms with Gasteiger partial charge in [0, 0.05) is 43.5 Å². The van der Waals surface area contributed by atoms with Crippen molar-refractivity contribution in [3.8, 4) is 11.3 Å². The van der Waals surface area contributed by atoms with Crippen molar-refractivity contribution in [2.24, 2.45) is 0 Å². The number of amides is 1. The molecule has 1 aliphatic heterocycles. The minimum Gasteiger partial charge on any atom is -0.352 e. The Bertz CT molecular complexity index is 1100. The van der Waals surface area contributed by atoms with Crippen molar-refractivity contribution in [2.75, 3.05) is 31.1 Å². The summed E-state index contributed by atoms with van der Waals surface area (Å²) in [6.07, 6.45) is 1.43. The maximum absolute atomic E-state index is 12.6. The maximum atomic E-state index is 12.6. The summed E-state index contributed by atoms with van der Waals surface area (Å²) < 4.78 is 1.34. The summed E-state index contributed by atoms with van der Waals surface area (Å²) in [5.74, 6) is 0.724. The molecule has 8 heteroatoms. The molecule has 154 valence electrons. The van der Waals surface area contributed by atoms with Gasteiger partial charge in [-0.05, 0) is 31.5 Å². The van der Waals surface area contributed by atoms with E-state index in [1.165, 1.54) is 17.0 Å². The monoisotopic (exact) mass is 404 g/mol. The van der Waals surface area contributed by atoms with E-state index < -0.39 is 0 Å². The highest BCUT2D eigenvalue weighted by Gasteiger charge is 2.22. The molecule has 30 heavy (non-hydrogen) atoms. The first-order chi connectivity index (χ1) is 14.5. The van der Waals surface area contributed by atoms with Gasteiger partial charge in [0.15, 0.2) is 5.82 Å². The number of benzene rings is 1. The topological polar surface area (TPSA) is 84.2 Å². The summed E-state index contributed by atoms with van der Waals surface area (Å²) in [6.45, 7) is 6.32. The average molecular weight is 404 g/mol. The highest BCUT2D eigenvalue weighted by atomic mass is 16.2. The van der Waals surface area contributed by atoms with E-state index in [9.17, 15) is 9.59 Å². The molecule has 8 nitrogen and oxygen atoms in total. The van der Waals surface area contributed by atoms with Gasteiger partial charge in [-0.3, -0.25) is 14.2 Å². The van der Waals surface area contributed by atoms with Crippen LogP contribution in [0.25, 0.3) is 11.3 Å². The van der Waals surface area contributed by atoms with Crippen LogP contribution in [0.2, 0.25) is 0 Å². The molecule has 1 aromatic carbocycles. The lowest BCUT2D eigenvalue weighted by Gasteiger charge is -2.35. The van der Waals surface area contributed by atoms with Crippen molar-refractivity contribution >= 4 is 11.7 Å². The van der Waals surface area contributed by atoms with Crippen LogP contribution in [0.4, 0.5) is 5.82 Å². The zero-order chi connectivity index (χ0) is 21.1. The van der Waals surface area contributed by atoms with E-state index in [1.807, 2.05) is 30.3 Å². The SMILES string of the molecule is Cc1cc(=O)n(CC(=O)N2CCN(c3ccc(-c4ccccc4C)nn3)CC2)cn1. The van der Waals surface area contributed by atoms with Gasteiger partial charge >= 0.3 is 0 Å². The molecule has 0 N–H and O–H groups in total. The van der Waals surface area contributed by atoms with Gasteiger partial charge in [0.05, 0.1) is 12.0 Å². The molecular formula is C22H24N6O2. The molecule has 0 atom stereocenters. The Balaban J connectivity index is 1.37. The average Bonchev–Trinajstić information content (AvgIpc) is 2.76. The van der Waals surface area contributed by atoms with Crippen LogP contribution < -0.4 is 10.5 Å². The molecule has 0 spiro atoms. The standard InChI is InChI=1S/C22H24N6O2/c1-16-5-3-4-6-18(16)19-7-8-20(25-24-19)26-9-11-27(12-10-26)22(30)14-28-15-23-17(2)13-21(28)29/h3-8,13,15H,9-12,14H2,1-2H3. The second kappa shape index (κ2) is 8.44. The van der Waals surface area contributed by atoms with Crippen LogP contribution in [0.1, 0.15) is 11.3 Å². The number of carbonyl (C=O) groups is 1. The van der Waals surface area contributed by atoms with Crippen LogP contribution in [0.15, 0.2) is 53.6 Å². The minimum atomic E-state index is -0.210. The second-order valence-corrected chi connectivity index (χ2v) is 7.46. The third-order valence-corrected chi connectivity index (χ3v) is 5.35. The Kier molecular flexibility index (Phi) is 5.56. The van der Waals surface area contributed by atoms with Crippen molar-refractivity contribution in [3.05, 3.63) is 70.4 Å². The number of anilines is 1. The number of aromatic nitrogens is 4. The van der Waals surface area contributed by atoms with E-state index in [0.717, 1.165) is 22.6 Å². The fourth-order valence-corrected chi connectivity index (χ4v) is 3.56. The third-order valence-electron chi connectivity index (χ3n) is 5.35. The molecule has 1 fully saturated rings. The molecule has 1 aliphatic rings. The van der Waals surface area contributed by atoms with Crippen molar-refractivity contribution in [1.29, 1.82) is 0 Å². The van der Waals surface area contributed by atoms with E-state index >= 15 is 0 Å². The van der Waals surface area contributed by atoms with Crippen LogP contribution in [-0.2, 0) is 11.3 Å². The smallest absolute Gasteiger partial charge is 0.253 e. The van der Waals surface area contributed by atoms with Crippen molar-refractivity contribution in [1.82, 2.24) is 24.6 Å². The number of rotatable bonds is 4. The lowest BCUT2D eigenvalue weighted by molar-refractivity contribution is -0.132. The van der Waals surface area contributed by atoms with E-state index in [2.05, 4.69) is 33.1 Å². The summed E-state index contributed by atoms with van der Waals surface area (Å²) in [5.41, 5.74) is 3.52. The summed E-state index contributed by atoms with van der Waals surface area (Å²) in [5, 5.41) is 8.79. The molecule has 1 saturated heterocycles. The van der Waals surface area contributed by atoms with E-state index in [4.69, 9.17) is 0 Å². The predicted octanol–water partition coefficient (Wildman–Crippen LogP) is 1.67. The van der Waals surface area contributed by atoms with Gasteiger partial charge in [-0.25, -0.2) is 4.98 Å². The summed E-state index contributed by atoms with van der Waals surface area (Å²) in [6, 6.07) is 13.5. The van der Waals surface area contributed by atoms with Crippen molar-refractivity contribution < 1.29 is 4.79 Å². The lowest BCUT2D eigenvalue weighted by Crippen LogP contribution is -2.50. The number of nitrogens with zero attached hydrogens (tertiary/aromatic N) is 6. The first kappa shape index (κ1) is 19.8. The molecular weight excluding hydrogens is 380 g/mol. The minimum absolute atomic E-state index is 0.0110. The van der Waals surface area contributed by atoms with Crippen LogP contribution in [0, 0.1) is 13.8 Å².